The van der Waals surface area contributed by atoms with E-state index in [0.29, 0.717) is 18.5 Å². The third-order valence-electron chi connectivity index (χ3n) is 6.22. The molecule has 1 fully saturated rings. The summed E-state index contributed by atoms with van der Waals surface area (Å²) in [7, 11) is 0. The Kier molecular flexibility index (Phi) is 9.57. The van der Waals surface area contributed by atoms with Crippen molar-refractivity contribution in [3.63, 3.8) is 0 Å². The van der Waals surface area contributed by atoms with Crippen molar-refractivity contribution in [1.29, 1.82) is 0 Å². The molecule has 37 heavy (non-hydrogen) atoms. The molecule has 0 radical (unpaired) electrons. The molecule has 1 saturated heterocycles. The summed E-state index contributed by atoms with van der Waals surface area (Å²) < 4.78 is 0. The molecule has 4 amide bonds. The molecule has 0 bridgehead atoms. The zero-order chi connectivity index (χ0) is 26.9. The number of aromatic amines is 1. The number of benzene rings is 1. The molecule has 3 rings (SSSR count). The normalized spacial score (nSPS) is 17.5. The van der Waals surface area contributed by atoms with E-state index in [9.17, 15) is 34.2 Å². The van der Waals surface area contributed by atoms with Crippen LogP contribution < -0.4 is 27.0 Å². The van der Waals surface area contributed by atoms with Gasteiger partial charge in [0.05, 0.1) is 12.6 Å². The van der Waals surface area contributed by atoms with Crippen LogP contribution in [0, 0.1) is 0 Å². The number of para-hydroxylation sites is 1. The van der Waals surface area contributed by atoms with Crippen LogP contribution in [0.2, 0.25) is 0 Å². The van der Waals surface area contributed by atoms with Gasteiger partial charge in [0.2, 0.25) is 23.6 Å². The molecule has 2 aromatic rings. The molecule has 13 nitrogen and oxygen atoms in total. The van der Waals surface area contributed by atoms with E-state index >= 15 is 0 Å². The number of carboxylic acids is 1. The molecule has 1 aromatic heterocycles. The number of fused-ring (bicyclic) bond motifs is 1. The molecule has 2 heterocycles. The van der Waals surface area contributed by atoms with E-state index in [0.717, 1.165) is 17.3 Å². The summed E-state index contributed by atoms with van der Waals surface area (Å²) in [5.41, 5.74) is 6.68. The minimum absolute atomic E-state index is 0.0364. The number of carboxylic acid groups (broad SMARTS) is 1. The Bertz CT molecular complexity index is 1140. The number of rotatable bonds is 13. The number of aromatic nitrogens is 1. The fourth-order valence-corrected chi connectivity index (χ4v) is 4.20. The molecule has 1 aliphatic rings. The second kappa shape index (κ2) is 12.8. The standard InChI is InChI=1S/C24H32N6O7/c25-20(32)8-7-17(28-23(35)19(12-31)30-21(33)16-6-3-9-26-16)22(34)29-18(24(36)37)10-13-11-27-15-5-2-1-4-14(13)15/h1-2,4-5,11,16-19,26-27,31H,3,6-10,12H2,(H2,25,32)(H,28,35)(H,29,34)(H,30,33)(H,36,37). The van der Waals surface area contributed by atoms with Gasteiger partial charge in [-0.1, -0.05) is 18.2 Å². The van der Waals surface area contributed by atoms with Crippen LogP contribution in [0.3, 0.4) is 0 Å². The van der Waals surface area contributed by atoms with Crippen LogP contribution in [-0.4, -0.2) is 82.1 Å². The Morgan fingerprint density at radius 2 is 1.73 bits per heavy atom. The number of aliphatic hydroxyl groups is 1. The third-order valence-corrected chi connectivity index (χ3v) is 6.22. The van der Waals surface area contributed by atoms with Crippen molar-refractivity contribution in [3.8, 4) is 0 Å². The Morgan fingerprint density at radius 1 is 1.03 bits per heavy atom. The summed E-state index contributed by atoms with van der Waals surface area (Å²) in [6.45, 7) is -0.0699. The molecule has 1 aliphatic heterocycles. The maximum Gasteiger partial charge on any atom is 0.326 e. The molecular weight excluding hydrogens is 484 g/mol. The van der Waals surface area contributed by atoms with Crippen LogP contribution >= 0.6 is 0 Å². The highest BCUT2D eigenvalue weighted by molar-refractivity contribution is 5.94. The lowest BCUT2D eigenvalue weighted by atomic mass is 10.0. The first-order chi connectivity index (χ1) is 17.7. The van der Waals surface area contributed by atoms with E-state index < -0.39 is 60.4 Å². The lowest BCUT2D eigenvalue weighted by Crippen LogP contribution is -2.58. The largest absolute Gasteiger partial charge is 0.480 e. The van der Waals surface area contributed by atoms with Gasteiger partial charge >= 0.3 is 5.97 Å². The molecule has 200 valence electrons. The van der Waals surface area contributed by atoms with Crippen LogP contribution in [0.5, 0.6) is 0 Å². The number of nitrogens with two attached hydrogens (primary N) is 1. The van der Waals surface area contributed by atoms with Crippen LogP contribution in [-0.2, 0) is 30.4 Å². The molecule has 13 heteroatoms. The number of aliphatic hydroxyl groups excluding tert-OH is 1. The first kappa shape index (κ1) is 27.6. The zero-order valence-electron chi connectivity index (χ0n) is 20.2. The van der Waals surface area contributed by atoms with E-state index in [4.69, 9.17) is 5.73 Å². The van der Waals surface area contributed by atoms with Crippen molar-refractivity contribution >= 4 is 40.5 Å². The lowest BCUT2D eigenvalue weighted by molar-refractivity contribution is -0.142. The van der Waals surface area contributed by atoms with Crippen molar-refractivity contribution in [2.45, 2.75) is 56.3 Å². The maximum atomic E-state index is 13.0. The number of carbonyl (C=O) groups is 5. The van der Waals surface area contributed by atoms with Gasteiger partial charge in [-0.05, 0) is 37.4 Å². The molecule has 9 N–H and O–H groups in total. The van der Waals surface area contributed by atoms with Crippen LogP contribution in [0.15, 0.2) is 30.5 Å². The van der Waals surface area contributed by atoms with Crippen molar-refractivity contribution in [2.75, 3.05) is 13.2 Å². The monoisotopic (exact) mass is 516 g/mol. The van der Waals surface area contributed by atoms with Crippen molar-refractivity contribution < 1.29 is 34.2 Å². The maximum absolute atomic E-state index is 13.0. The summed E-state index contributed by atoms with van der Waals surface area (Å²) in [4.78, 5) is 64.5. The number of primary amides is 1. The number of hydrogen-bond acceptors (Lipinski definition) is 7. The highest BCUT2D eigenvalue weighted by Crippen LogP contribution is 2.19. The van der Waals surface area contributed by atoms with Gasteiger partial charge in [0.1, 0.15) is 18.1 Å². The number of hydrogen-bond donors (Lipinski definition) is 8. The van der Waals surface area contributed by atoms with Gasteiger partial charge in [-0.3, -0.25) is 19.2 Å². The molecule has 0 aliphatic carbocycles. The zero-order valence-corrected chi connectivity index (χ0v) is 20.2. The smallest absolute Gasteiger partial charge is 0.326 e. The number of nitrogens with one attached hydrogen (secondary N) is 5. The highest BCUT2D eigenvalue weighted by Gasteiger charge is 2.31. The Labute approximate surface area is 212 Å². The lowest BCUT2D eigenvalue weighted by Gasteiger charge is -2.24. The Hall–Kier alpha value is -3.97. The summed E-state index contributed by atoms with van der Waals surface area (Å²) in [5.74, 6) is -4.18. The van der Waals surface area contributed by atoms with Gasteiger partial charge in [0, 0.05) is 29.9 Å². The van der Waals surface area contributed by atoms with Gasteiger partial charge in [0.25, 0.3) is 0 Å². The molecule has 0 saturated carbocycles. The first-order valence-corrected chi connectivity index (χ1v) is 12.0. The van der Waals surface area contributed by atoms with E-state index in [1.807, 2.05) is 24.3 Å². The number of H-pyrrole nitrogens is 1. The summed E-state index contributed by atoms with van der Waals surface area (Å²) in [6, 6.07) is 2.79. The second-order valence-electron chi connectivity index (χ2n) is 8.92. The average molecular weight is 517 g/mol. The van der Waals surface area contributed by atoms with Gasteiger partial charge in [0.15, 0.2) is 0 Å². The minimum Gasteiger partial charge on any atom is -0.480 e. The number of amides is 4. The minimum atomic E-state index is -1.35. The number of aliphatic carboxylic acids is 1. The van der Waals surface area contributed by atoms with E-state index in [-0.39, 0.29) is 19.3 Å². The van der Waals surface area contributed by atoms with E-state index in [1.165, 1.54) is 0 Å². The molecule has 1 aromatic carbocycles. The molecule has 0 spiro atoms. The van der Waals surface area contributed by atoms with Crippen LogP contribution in [0.1, 0.15) is 31.2 Å². The molecular formula is C24H32N6O7. The second-order valence-corrected chi connectivity index (χ2v) is 8.92. The van der Waals surface area contributed by atoms with Gasteiger partial charge < -0.3 is 42.2 Å². The topological polar surface area (TPSA) is 216 Å². The van der Waals surface area contributed by atoms with Gasteiger partial charge in [-0.2, -0.15) is 0 Å². The van der Waals surface area contributed by atoms with Gasteiger partial charge in [-0.25, -0.2) is 4.79 Å². The fraction of sp³-hybridized carbons (Fsp3) is 0.458. The Morgan fingerprint density at radius 3 is 2.38 bits per heavy atom. The summed E-state index contributed by atoms with van der Waals surface area (Å²) >= 11 is 0. The number of carbonyl (C=O) groups excluding carboxylic acids is 4. The van der Waals surface area contributed by atoms with E-state index in [2.05, 4.69) is 26.3 Å². The predicted molar refractivity (Wildman–Crippen MR) is 132 cm³/mol. The van der Waals surface area contributed by atoms with Crippen molar-refractivity contribution in [3.05, 3.63) is 36.0 Å². The molecule has 4 unspecified atom stereocenters. The molecule has 4 atom stereocenters. The fourth-order valence-electron chi connectivity index (χ4n) is 4.20. The first-order valence-electron chi connectivity index (χ1n) is 12.0. The van der Waals surface area contributed by atoms with Crippen molar-refractivity contribution in [1.82, 2.24) is 26.3 Å². The predicted octanol–water partition coefficient (Wildman–Crippen LogP) is -1.74. The van der Waals surface area contributed by atoms with Crippen LogP contribution in [0.4, 0.5) is 0 Å². The highest BCUT2D eigenvalue weighted by atomic mass is 16.4. The van der Waals surface area contributed by atoms with Crippen LogP contribution in [0.25, 0.3) is 10.9 Å². The van der Waals surface area contributed by atoms with Gasteiger partial charge in [-0.15, -0.1) is 0 Å². The third kappa shape index (κ3) is 7.51. The summed E-state index contributed by atoms with van der Waals surface area (Å²) in [5, 5.41) is 30.4. The average Bonchev–Trinajstić information content (AvgIpc) is 3.55. The Balaban J connectivity index is 1.69. The van der Waals surface area contributed by atoms with Crippen molar-refractivity contribution in [2.24, 2.45) is 5.73 Å². The quantitative estimate of drug-likeness (QED) is 0.152. The van der Waals surface area contributed by atoms with E-state index in [1.54, 1.807) is 6.20 Å². The summed E-state index contributed by atoms with van der Waals surface area (Å²) in [6.07, 6.45) is 2.54. The SMILES string of the molecule is NC(=O)CCC(NC(=O)C(CO)NC(=O)C1CCCN1)C(=O)NC(Cc1c[nH]c2ccccc12)C(=O)O.